The normalized spacial score (nSPS) is 13.0. The van der Waals surface area contributed by atoms with Gasteiger partial charge in [-0.25, -0.2) is 0 Å². The van der Waals surface area contributed by atoms with Crippen LogP contribution in [0.1, 0.15) is 12.1 Å². The van der Waals surface area contributed by atoms with E-state index in [1.54, 1.807) is 11.8 Å². The second-order valence-corrected chi connectivity index (χ2v) is 3.77. The standard InChI is InChI=1S/C9H17ClN4O/c1-14-6-9(12-13-14)5-11-8(3-4-10)7-15-2/h6,8,11H,3-5,7H2,1-2H3. The van der Waals surface area contributed by atoms with Crippen LogP contribution in [0.4, 0.5) is 0 Å². The van der Waals surface area contributed by atoms with Gasteiger partial charge in [0.15, 0.2) is 0 Å². The molecule has 0 amide bonds. The molecule has 1 unspecified atom stereocenters. The Hall–Kier alpha value is -0.650. The van der Waals surface area contributed by atoms with Crippen LogP contribution in [0.15, 0.2) is 6.20 Å². The molecular formula is C9H17ClN4O. The van der Waals surface area contributed by atoms with Crippen LogP contribution in [0.2, 0.25) is 0 Å². The molecule has 0 saturated heterocycles. The number of halogens is 1. The summed E-state index contributed by atoms with van der Waals surface area (Å²) in [6, 6.07) is 0.273. The number of methoxy groups -OCH3 is 1. The molecule has 1 N–H and O–H groups in total. The third kappa shape index (κ3) is 4.59. The first-order valence-corrected chi connectivity index (χ1v) is 5.43. The van der Waals surface area contributed by atoms with Crippen molar-refractivity contribution in [3.05, 3.63) is 11.9 Å². The lowest BCUT2D eigenvalue weighted by Gasteiger charge is -2.15. The number of hydrogen-bond acceptors (Lipinski definition) is 4. The van der Waals surface area contributed by atoms with Crippen LogP contribution in [-0.4, -0.2) is 40.6 Å². The zero-order chi connectivity index (χ0) is 11.1. The van der Waals surface area contributed by atoms with Gasteiger partial charge in [0.2, 0.25) is 0 Å². The van der Waals surface area contributed by atoms with Gasteiger partial charge in [-0.05, 0) is 6.42 Å². The van der Waals surface area contributed by atoms with Crippen LogP contribution in [-0.2, 0) is 18.3 Å². The highest BCUT2D eigenvalue weighted by Gasteiger charge is 2.07. The molecule has 0 spiro atoms. The fraction of sp³-hybridized carbons (Fsp3) is 0.778. The van der Waals surface area contributed by atoms with Gasteiger partial charge in [-0.15, -0.1) is 16.7 Å². The fourth-order valence-electron chi connectivity index (χ4n) is 1.30. The zero-order valence-corrected chi connectivity index (χ0v) is 9.87. The summed E-state index contributed by atoms with van der Waals surface area (Å²) in [4.78, 5) is 0. The van der Waals surface area contributed by atoms with Crippen molar-refractivity contribution in [2.45, 2.75) is 19.0 Å². The van der Waals surface area contributed by atoms with Crippen LogP contribution in [0.25, 0.3) is 0 Å². The Bertz CT molecular complexity index is 273. The summed E-state index contributed by atoms with van der Waals surface area (Å²) < 4.78 is 6.77. The second kappa shape index (κ2) is 6.76. The lowest BCUT2D eigenvalue weighted by atomic mass is 10.2. The summed E-state index contributed by atoms with van der Waals surface area (Å²) in [6.45, 7) is 1.35. The number of aryl methyl sites for hydroxylation is 1. The highest BCUT2D eigenvalue weighted by Crippen LogP contribution is 1.98. The molecule has 0 fully saturated rings. The molecule has 86 valence electrons. The van der Waals surface area contributed by atoms with Gasteiger partial charge in [0.25, 0.3) is 0 Å². The Morgan fingerprint density at radius 1 is 1.67 bits per heavy atom. The molecule has 0 aromatic carbocycles. The van der Waals surface area contributed by atoms with Crippen LogP contribution in [0.5, 0.6) is 0 Å². The molecular weight excluding hydrogens is 216 g/mol. The minimum Gasteiger partial charge on any atom is -0.383 e. The van der Waals surface area contributed by atoms with E-state index in [0.29, 0.717) is 19.0 Å². The third-order valence-corrected chi connectivity index (χ3v) is 2.27. The lowest BCUT2D eigenvalue weighted by Crippen LogP contribution is -2.33. The van der Waals surface area contributed by atoms with E-state index >= 15 is 0 Å². The maximum atomic E-state index is 5.69. The zero-order valence-electron chi connectivity index (χ0n) is 9.11. The largest absolute Gasteiger partial charge is 0.383 e. The average Bonchev–Trinajstić information content (AvgIpc) is 2.61. The predicted molar refractivity (Wildman–Crippen MR) is 58.8 cm³/mol. The van der Waals surface area contributed by atoms with Crippen molar-refractivity contribution >= 4 is 11.6 Å². The van der Waals surface area contributed by atoms with Crippen molar-refractivity contribution < 1.29 is 4.74 Å². The minimum absolute atomic E-state index is 0.273. The molecule has 1 heterocycles. The summed E-state index contributed by atoms with van der Waals surface area (Å²) >= 11 is 5.69. The van der Waals surface area contributed by atoms with Crippen LogP contribution in [0.3, 0.4) is 0 Å². The molecule has 0 aliphatic rings. The first-order chi connectivity index (χ1) is 7.26. The van der Waals surface area contributed by atoms with Gasteiger partial charge in [0.1, 0.15) is 0 Å². The summed E-state index contributed by atoms with van der Waals surface area (Å²) in [5, 5.41) is 11.2. The van der Waals surface area contributed by atoms with Crippen molar-refractivity contribution in [3.63, 3.8) is 0 Å². The van der Waals surface area contributed by atoms with Crippen LogP contribution >= 0.6 is 11.6 Å². The number of aromatic nitrogens is 3. The van der Waals surface area contributed by atoms with Gasteiger partial charge in [-0.3, -0.25) is 4.68 Å². The highest BCUT2D eigenvalue weighted by atomic mass is 35.5. The maximum Gasteiger partial charge on any atom is 0.0964 e. The first kappa shape index (κ1) is 12.4. The first-order valence-electron chi connectivity index (χ1n) is 4.89. The number of nitrogens with one attached hydrogen (secondary N) is 1. The number of rotatable bonds is 7. The molecule has 15 heavy (non-hydrogen) atoms. The van der Waals surface area contributed by atoms with E-state index in [9.17, 15) is 0 Å². The number of alkyl halides is 1. The molecule has 0 saturated carbocycles. The van der Waals surface area contributed by atoms with E-state index in [0.717, 1.165) is 12.1 Å². The monoisotopic (exact) mass is 232 g/mol. The van der Waals surface area contributed by atoms with Crippen LogP contribution < -0.4 is 5.32 Å². The Kier molecular flexibility index (Phi) is 5.60. The molecule has 1 aromatic rings. The molecule has 0 bridgehead atoms. The Morgan fingerprint density at radius 3 is 3.00 bits per heavy atom. The lowest BCUT2D eigenvalue weighted by molar-refractivity contribution is 0.164. The quantitative estimate of drug-likeness (QED) is 0.698. The molecule has 6 heteroatoms. The summed E-state index contributed by atoms with van der Waals surface area (Å²) in [7, 11) is 3.53. The summed E-state index contributed by atoms with van der Waals surface area (Å²) in [5.41, 5.74) is 0.924. The molecule has 0 aliphatic carbocycles. The van der Waals surface area contributed by atoms with Crippen LogP contribution in [0, 0.1) is 0 Å². The van der Waals surface area contributed by atoms with Gasteiger partial charge in [-0.1, -0.05) is 5.21 Å². The fourth-order valence-corrected chi connectivity index (χ4v) is 1.57. The van der Waals surface area contributed by atoms with E-state index in [1.807, 2.05) is 13.2 Å². The topological polar surface area (TPSA) is 52.0 Å². The molecule has 0 aliphatic heterocycles. The number of hydrogen-bond donors (Lipinski definition) is 1. The van der Waals surface area contributed by atoms with E-state index in [1.165, 1.54) is 0 Å². The van der Waals surface area contributed by atoms with Crippen molar-refractivity contribution in [2.24, 2.45) is 7.05 Å². The van der Waals surface area contributed by atoms with Gasteiger partial charge in [0.05, 0.1) is 12.3 Å². The van der Waals surface area contributed by atoms with Crippen molar-refractivity contribution in [2.75, 3.05) is 19.6 Å². The number of nitrogens with zero attached hydrogens (tertiary/aromatic N) is 3. The van der Waals surface area contributed by atoms with Gasteiger partial charge < -0.3 is 10.1 Å². The van der Waals surface area contributed by atoms with Gasteiger partial charge in [0, 0.05) is 38.8 Å². The van der Waals surface area contributed by atoms with E-state index in [4.69, 9.17) is 16.3 Å². The molecule has 5 nitrogen and oxygen atoms in total. The van der Waals surface area contributed by atoms with Gasteiger partial charge >= 0.3 is 0 Å². The second-order valence-electron chi connectivity index (χ2n) is 3.39. The summed E-state index contributed by atoms with van der Waals surface area (Å²) in [5.74, 6) is 0.626. The molecule has 1 atom stereocenters. The van der Waals surface area contributed by atoms with Crippen molar-refractivity contribution in [3.8, 4) is 0 Å². The van der Waals surface area contributed by atoms with Crippen molar-refractivity contribution in [1.82, 2.24) is 20.3 Å². The van der Waals surface area contributed by atoms with Gasteiger partial charge in [-0.2, -0.15) is 0 Å². The molecule has 1 rings (SSSR count). The summed E-state index contributed by atoms with van der Waals surface area (Å²) in [6.07, 6.45) is 2.77. The predicted octanol–water partition coefficient (Wildman–Crippen LogP) is 0.549. The smallest absolute Gasteiger partial charge is 0.0964 e. The Balaban J connectivity index is 2.32. The number of ether oxygens (including phenoxy) is 1. The molecule has 1 aromatic heterocycles. The van der Waals surface area contributed by atoms with E-state index < -0.39 is 0 Å². The van der Waals surface area contributed by atoms with E-state index in [2.05, 4.69) is 15.6 Å². The van der Waals surface area contributed by atoms with Crippen molar-refractivity contribution in [1.29, 1.82) is 0 Å². The Morgan fingerprint density at radius 2 is 2.47 bits per heavy atom. The highest BCUT2D eigenvalue weighted by molar-refractivity contribution is 6.17. The minimum atomic E-state index is 0.273. The molecule has 0 radical (unpaired) electrons. The average molecular weight is 233 g/mol. The third-order valence-electron chi connectivity index (χ3n) is 2.05. The SMILES string of the molecule is COCC(CCCl)NCc1cn(C)nn1. The maximum absolute atomic E-state index is 5.69. The Labute approximate surface area is 94.7 Å². The van der Waals surface area contributed by atoms with E-state index in [-0.39, 0.29) is 6.04 Å².